The zero-order valence-electron chi connectivity index (χ0n) is 9.66. The Balaban J connectivity index is 2.81. The molecule has 0 heterocycles. The van der Waals surface area contributed by atoms with Crippen LogP contribution >= 0.6 is 0 Å². The quantitative estimate of drug-likeness (QED) is 0.579. The van der Waals surface area contributed by atoms with E-state index in [0.717, 1.165) is 11.3 Å². The summed E-state index contributed by atoms with van der Waals surface area (Å²) >= 11 is 0. The van der Waals surface area contributed by atoms with Crippen LogP contribution in [0.5, 0.6) is 5.75 Å². The minimum absolute atomic E-state index is 0.543. The Morgan fingerprint density at radius 3 is 2.88 bits per heavy atom. The molecule has 0 aliphatic rings. The highest BCUT2D eigenvalue weighted by atomic mass is 16.5. The van der Waals surface area contributed by atoms with Crippen LogP contribution in [-0.2, 0) is 6.42 Å². The second kappa shape index (κ2) is 5.50. The van der Waals surface area contributed by atoms with Gasteiger partial charge in [0.15, 0.2) is 0 Å². The highest BCUT2D eigenvalue weighted by Crippen LogP contribution is 2.17. The molecule has 0 radical (unpaired) electrons. The molecule has 1 unspecified atom stereocenters. The average molecular weight is 219 g/mol. The van der Waals surface area contributed by atoms with Crippen LogP contribution in [-0.4, -0.2) is 12.1 Å². The molecular weight excluding hydrogens is 202 g/mol. The molecule has 0 amide bonds. The fraction of sp³-hybridized carbons (Fsp3) is 0.417. The van der Waals surface area contributed by atoms with Crippen LogP contribution < -0.4 is 16.0 Å². The monoisotopic (exact) mass is 219 g/mol. The Morgan fingerprint density at radius 1 is 1.56 bits per heavy atom. The number of nitrogens with zero attached hydrogens (tertiary/aromatic N) is 1. The molecule has 0 aromatic heterocycles. The van der Waals surface area contributed by atoms with Gasteiger partial charge in [0.1, 0.15) is 11.3 Å². The van der Waals surface area contributed by atoms with E-state index < -0.39 is 5.54 Å². The number of nitriles is 1. The predicted molar refractivity (Wildman–Crippen MR) is 62.7 cm³/mol. The third kappa shape index (κ3) is 3.23. The number of hydrogen-bond donors (Lipinski definition) is 2. The zero-order chi connectivity index (χ0) is 12.0. The van der Waals surface area contributed by atoms with E-state index >= 15 is 0 Å². The Labute approximate surface area is 96.0 Å². The van der Waals surface area contributed by atoms with Crippen molar-refractivity contribution in [2.45, 2.75) is 25.8 Å². The Hall–Kier alpha value is -1.57. The van der Waals surface area contributed by atoms with Crippen LogP contribution in [0.4, 0.5) is 0 Å². The van der Waals surface area contributed by atoms with Crippen LogP contribution in [0, 0.1) is 11.3 Å². The summed E-state index contributed by atoms with van der Waals surface area (Å²) < 4.78 is 5.39. The van der Waals surface area contributed by atoms with Crippen molar-refractivity contribution >= 4 is 0 Å². The third-order valence-corrected chi connectivity index (χ3v) is 2.33. The van der Waals surface area contributed by atoms with Gasteiger partial charge in [-0.25, -0.2) is 5.43 Å². The van der Waals surface area contributed by atoms with E-state index in [9.17, 15) is 0 Å². The van der Waals surface area contributed by atoms with Crippen molar-refractivity contribution in [3.05, 3.63) is 29.8 Å². The fourth-order valence-corrected chi connectivity index (χ4v) is 1.44. The van der Waals surface area contributed by atoms with Crippen molar-refractivity contribution in [3.63, 3.8) is 0 Å². The number of nitrogens with two attached hydrogens (primary N) is 1. The molecule has 1 aromatic carbocycles. The largest absolute Gasteiger partial charge is 0.494 e. The van der Waals surface area contributed by atoms with Gasteiger partial charge in [0.25, 0.3) is 0 Å². The van der Waals surface area contributed by atoms with Crippen molar-refractivity contribution in [2.75, 3.05) is 6.61 Å². The second-order valence-corrected chi connectivity index (χ2v) is 3.85. The smallest absolute Gasteiger partial charge is 0.119 e. The van der Waals surface area contributed by atoms with Crippen molar-refractivity contribution in [2.24, 2.45) is 5.84 Å². The average Bonchev–Trinajstić information content (AvgIpc) is 2.30. The summed E-state index contributed by atoms with van der Waals surface area (Å²) in [7, 11) is 0. The first-order chi connectivity index (χ1) is 7.63. The second-order valence-electron chi connectivity index (χ2n) is 3.85. The third-order valence-electron chi connectivity index (χ3n) is 2.33. The van der Waals surface area contributed by atoms with E-state index in [1.165, 1.54) is 0 Å². The summed E-state index contributed by atoms with van der Waals surface area (Å²) in [5, 5.41) is 9.00. The Bertz CT molecular complexity index is 386. The van der Waals surface area contributed by atoms with Gasteiger partial charge in [0.05, 0.1) is 12.7 Å². The number of hydrazine groups is 1. The molecule has 3 N–H and O–H groups in total. The van der Waals surface area contributed by atoms with Gasteiger partial charge in [-0.2, -0.15) is 5.26 Å². The summed E-state index contributed by atoms with van der Waals surface area (Å²) in [5.74, 6) is 6.18. The SMILES string of the molecule is CCOc1cccc(CC(C)(C#N)NN)c1. The Morgan fingerprint density at radius 2 is 2.31 bits per heavy atom. The zero-order valence-corrected chi connectivity index (χ0v) is 9.66. The highest BCUT2D eigenvalue weighted by Gasteiger charge is 2.22. The van der Waals surface area contributed by atoms with Gasteiger partial charge in [0.2, 0.25) is 0 Å². The van der Waals surface area contributed by atoms with E-state index in [1.807, 2.05) is 31.2 Å². The lowest BCUT2D eigenvalue weighted by molar-refractivity contribution is 0.339. The maximum absolute atomic E-state index is 9.00. The molecule has 4 heteroatoms. The molecule has 0 fully saturated rings. The highest BCUT2D eigenvalue weighted by molar-refractivity contribution is 5.30. The molecule has 4 nitrogen and oxygen atoms in total. The first-order valence-corrected chi connectivity index (χ1v) is 5.24. The fourth-order valence-electron chi connectivity index (χ4n) is 1.44. The van der Waals surface area contributed by atoms with Crippen molar-refractivity contribution in [3.8, 4) is 11.8 Å². The van der Waals surface area contributed by atoms with Gasteiger partial charge in [-0.1, -0.05) is 12.1 Å². The number of nitrogens with one attached hydrogen (secondary N) is 1. The van der Waals surface area contributed by atoms with Gasteiger partial charge in [-0.15, -0.1) is 0 Å². The topological polar surface area (TPSA) is 71.1 Å². The van der Waals surface area contributed by atoms with E-state index in [4.69, 9.17) is 15.8 Å². The summed E-state index contributed by atoms with van der Waals surface area (Å²) in [4.78, 5) is 0. The molecule has 0 aliphatic heterocycles. The van der Waals surface area contributed by atoms with E-state index in [0.29, 0.717) is 13.0 Å². The van der Waals surface area contributed by atoms with Gasteiger partial charge in [-0.05, 0) is 31.5 Å². The number of rotatable bonds is 5. The van der Waals surface area contributed by atoms with Crippen LogP contribution in [0.2, 0.25) is 0 Å². The van der Waals surface area contributed by atoms with Crippen molar-refractivity contribution in [1.82, 2.24) is 5.43 Å². The lowest BCUT2D eigenvalue weighted by Crippen LogP contribution is -2.47. The maximum Gasteiger partial charge on any atom is 0.119 e. The molecule has 1 atom stereocenters. The molecule has 0 aliphatic carbocycles. The number of ether oxygens (including phenoxy) is 1. The standard InChI is InChI=1S/C12H17N3O/c1-3-16-11-6-4-5-10(7-11)8-12(2,9-13)15-14/h4-7,15H,3,8,14H2,1-2H3. The minimum atomic E-state index is -0.745. The van der Waals surface area contributed by atoms with Gasteiger partial charge in [0, 0.05) is 6.42 Å². The molecule has 16 heavy (non-hydrogen) atoms. The molecule has 1 rings (SSSR count). The lowest BCUT2D eigenvalue weighted by Gasteiger charge is -2.20. The normalized spacial score (nSPS) is 13.9. The first kappa shape index (κ1) is 12.5. The predicted octanol–water partition coefficient (Wildman–Crippen LogP) is 1.37. The molecule has 0 saturated heterocycles. The molecule has 0 bridgehead atoms. The van der Waals surface area contributed by atoms with E-state index in [1.54, 1.807) is 6.92 Å². The lowest BCUT2D eigenvalue weighted by atomic mass is 9.95. The minimum Gasteiger partial charge on any atom is -0.494 e. The van der Waals surface area contributed by atoms with Crippen molar-refractivity contribution in [1.29, 1.82) is 5.26 Å². The Kier molecular flexibility index (Phi) is 4.29. The van der Waals surface area contributed by atoms with Crippen LogP contribution in [0.3, 0.4) is 0 Å². The summed E-state index contributed by atoms with van der Waals surface area (Å²) in [5.41, 5.74) is 2.80. The van der Waals surface area contributed by atoms with Crippen LogP contribution in [0.15, 0.2) is 24.3 Å². The molecule has 0 saturated carbocycles. The molecule has 1 aromatic rings. The van der Waals surface area contributed by atoms with Gasteiger partial charge < -0.3 is 4.74 Å². The van der Waals surface area contributed by atoms with Crippen molar-refractivity contribution < 1.29 is 4.74 Å². The van der Waals surface area contributed by atoms with Gasteiger partial charge >= 0.3 is 0 Å². The van der Waals surface area contributed by atoms with E-state index in [2.05, 4.69) is 11.5 Å². The summed E-state index contributed by atoms with van der Waals surface area (Å²) in [6, 6.07) is 9.84. The van der Waals surface area contributed by atoms with Gasteiger partial charge in [-0.3, -0.25) is 5.84 Å². The number of benzene rings is 1. The first-order valence-electron chi connectivity index (χ1n) is 5.24. The number of hydrogen-bond acceptors (Lipinski definition) is 4. The molecular formula is C12H17N3O. The van der Waals surface area contributed by atoms with Crippen LogP contribution in [0.25, 0.3) is 0 Å². The summed E-state index contributed by atoms with van der Waals surface area (Å²) in [6.45, 7) is 4.34. The molecule has 86 valence electrons. The van der Waals surface area contributed by atoms with Crippen LogP contribution in [0.1, 0.15) is 19.4 Å². The maximum atomic E-state index is 9.00. The summed E-state index contributed by atoms with van der Waals surface area (Å²) in [6.07, 6.45) is 0.543. The van der Waals surface area contributed by atoms with E-state index in [-0.39, 0.29) is 0 Å². The molecule has 0 spiro atoms.